The molecule has 0 aliphatic heterocycles. The van der Waals surface area contributed by atoms with Crippen LogP contribution in [0.3, 0.4) is 0 Å². The molecule has 0 unspecified atom stereocenters. The van der Waals surface area contributed by atoms with Gasteiger partial charge in [0.25, 0.3) is 5.91 Å². The molecule has 0 aromatic heterocycles. The van der Waals surface area contributed by atoms with Crippen LogP contribution in [0.25, 0.3) is 0 Å². The van der Waals surface area contributed by atoms with Gasteiger partial charge in [-0.25, -0.2) is 10.2 Å². The third kappa shape index (κ3) is 8.44. The molecule has 1 amide bonds. The molecule has 0 saturated carbocycles. The van der Waals surface area contributed by atoms with Crippen molar-refractivity contribution in [3.05, 3.63) is 118 Å². The molecule has 9 heteroatoms. The number of ether oxygens (including phenoxy) is 4. The Morgan fingerprint density at radius 2 is 1.51 bits per heavy atom. The van der Waals surface area contributed by atoms with Gasteiger partial charge in [-0.15, -0.1) is 0 Å². The van der Waals surface area contributed by atoms with Crippen LogP contribution < -0.4 is 24.4 Å². The number of rotatable bonds is 11. The zero-order valence-electron chi connectivity index (χ0n) is 21.0. The van der Waals surface area contributed by atoms with Crippen LogP contribution in [-0.4, -0.2) is 31.8 Å². The molecule has 8 nitrogen and oxygen atoms in total. The summed E-state index contributed by atoms with van der Waals surface area (Å²) < 4.78 is 22.7. The summed E-state index contributed by atoms with van der Waals surface area (Å²) in [6, 6.07) is 28.5. The Morgan fingerprint density at radius 1 is 0.846 bits per heavy atom. The number of carbonyl (C=O) groups excluding carboxylic acids is 2. The van der Waals surface area contributed by atoms with Crippen LogP contribution in [0.2, 0.25) is 0 Å². The van der Waals surface area contributed by atoms with E-state index in [4.69, 9.17) is 18.9 Å². The summed E-state index contributed by atoms with van der Waals surface area (Å²) in [5.74, 6) is 1.13. The van der Waals surface area contributed by atoms with Crippen LogP contribution in [0.15, 0.2) is 107 Å². The number of hydrogen-bond acceptors (Lipinski definition) is 7. The average molecular weight is 589 g/mol. The van der Waals surface area contributed by atoms with E-state index < -0.39 is 11.9 Å². The van der Waals surface area contributed by atoms with Crippen LogP contribution in [-0.2, 0) is 11.4 Å². The number of methoxy groups -OCH3 is 1. The highest BCUT2D eigenvalue weighted by Crippen LogP contribution is 2.23. The molecule has 0 saturated heterocycles. The first kappa shape index (κ1) is 27.4. The molecule has 0 bridgehead atoms. The molecule has 0 radical (unpaired) electrons. The molecule has 0 spiro atoms. The van der Waals surface area contributed by atoms with Crippen LogP contribution in [0.5, 0.6) is 23.0 Å². The van der Waals surface area contributed by atoms with E-state index in [1.54, 1.807) is 73.8 Å². The highest BCUT2D eigenvalue weighted by atomic mass is 79.9. The summed E-state index contributed by atoms with van der Waals surface area (Å²) in [6.07, 6.45) is 1.39. The molecule has 0 aliphatic carbocycles. The molecule has 198 valence electrons. The van der Waals surface area contributed by atoms with Crippen molar-refractivity contribution < 1.29 is 28.5 Å². The average Bonchev–Trinajstić information content (AvgIpc) is 2.97. The lowest BCUT2D eigenvalue weighted by Gasteiger charge is -2.09. The smallest absolute Gasteiger partial charge is 0.343 e. The Hall–Kier alpha value is -4.63. The molecule has 4 aromatic rings. The first-order chi connectivity index (χ1) is 19.0. The standard InChI is InChI=1S/C30H25BrN2O6/c1-36-25-10-7-22(8-11-25)30(35)39-28-16-9-24(31)17-23(28)18-32-33-29(34)20-38-27-14-12-26(13-15-27)37-19-21-5-3-2-4-6-21/h2-18H,19-20H2,1H3,(H,33,34)/b32-18-. The number of esters is 1. The molecule has 0 aliphatic rings. The number of halogens is 1. The van der Waals surface area contributed by atoms with E-state index in [2.05, 4.69) is 26.5 Å². The lowest BCUT2D eigenvalue weighted by molar-refractivity contribution is -0.123. The van der Waals surface area contributed by atoms with Crippen molar-refractivity contribution in [3.63, 3.8) is 0 Å². The van der Waals surface area contributed by atoms with E-state index in [9.17, 15) is 9.59 Å². The Balaban J connectivity index is 1.27. The van der Waals surface area contributed by atoms with Crippen molar-refractivity contribution in [1.29, 1.82) is 0 Å². The minimum atomic E-state index is -0.538. The number of benzene rings is 4. The summed E-state index contributed by atoms with van der Waals surface area (Å²) in [7, 11) is 1.55. The zero-order chi connectivity index (χ0) is 27.5. The highest BCUT2D eigenvalue weighted by Gasteiger charge is 2.12. The lowest BCUT2D eigenvalue weighted by atomic mass is 10.2. The van der Waals surface area contributed by atoms with Crippen molar-refractivity contribution >= 4 is 34.0 Å². The molecule has 4 aromatic carbocycles. The quantitative estimate of drug-likeness (QED) is 0.103. The van der Waals surface area contributed by atoms with Gasteiger partial charge in [-0.1, -0.05) is 46.3 Å². The molecule has 0 atom stereocenters. The van der Waals surface area contributed by atoms with Gasteiger partial charge in [0, 0.05) is 10.0 Å². The van der Waals surface area contributed by atoms with Crippen molar-refractivity contribution in [2.45, 2.75) is 6.61 Å². The zero-order valence-corrected chi connectivity index (χ0v) is 22.6. The van der Waals surface area contributed by atoms with E-state index >= 15 is 0 Å². The molecule has 1 N–H and O–H groups in total. The van der Waals surface area contributed by atoms with Gasteiger partial charge in [0.1, 0.15) is 29.6 Å². The van der Waals surface area contributed by atoms with Gasteiger partial charge in [-0.3, -0.25) is 4.79 Å². The second kappa shape index (κ2) is 13.8. The first-order valence-electron chi connectivity index (χ1n) is 11.9. The number of hydrogen-bond donors (Lipinski definition) is 1. The summed E-state index contributed by atoms with van der Waals surface area (Å²) in [5.41, 5.74) is 4.33. The number of hydrazone groups is 1. The van der Waals surface area contributed by atoms with Gasteiger partial charge in [0.05, 0.1) is 18.9 Å². The molecular weight excluding hydrogens is 564 g/mol. The summed E-state index contributed by atoms with van der Waals surface area (Å²) in [5, 5.41) is 3.97. The minimum absolute atomic E-state index is 0.237. The second-order valence-corrected chi connectivity index (χ2v) is 9.04. The summed E-state index contributed by atoms with van der Waals surface area (Å²) in [4.78, 5) is 24.8. The van der Waals surface area contributed by atoms with Crippen molar-refractivity contribution in [3.8, 4) is 23.0 Å². The van der Waals surface area contributed by atoms with Crippen molar-refractivity contribution in [1.82, 2.24) is 5.43 Å². The maximum atomic E-state index is 12.6. The summed E-state index contributed by atoms with van der Waals surface area (Å²) in [6.45, 7) is 0.223. The van der Waals surface area contributed by atoms with Crippen molar-refractivity contribution in [2.24, 2.45) is 5.10 Å². The third-order valence-electron chi connectivity index (χ3n) is 5.34. The fourth-order valence-corrected chi connectivity index (χ4v) is 3.71. The predicted molar refractivity (Wildman–Crippen MR) is 151 cm³/mol. The van der Waals surface area contributed by atoms with Crippen LogP contribution in [0, 0.1) is 0 Å². The SMILES string of the molecule is COc1ccc(C(=O)Oc2ccc(Br)cc2/C=N\NC(=O)COc2ccc(OCc3ccccc3)cc2)cc1. The van der Waals surface area contributed by atoms with Gasteiger partial charge in [-0.2, -0.15) is 5.10 Å². The van der Waals surface area contributed by atoms with Crippen LogP contribution in [0.4, 0.5) is 0 Å². The fourth-order valence-electron chi connectivity index (χ4n) is 3.33. The second-order valence-electron chi connectivity index (χ2n) is 8.13. The van der Waals surface area contributed by atoms with Crippen LogP contribution in [0.1, 0.15) is 21.5 Å². The van der Waals surface area contributed by atoms with Crippen LogP contribution >= 0.6 is 15.9 Å². The largest absolute Gasteiger partial charge is 0.497 e. The Bertz CT molecular complexity index is 1420. The van der Waals surface area contributed by atoms with Crippen molar-refractivity contribution in [2.75, 3.05) is 13.7 Å². The minimum Gasteiger partial charge on any atom is -0.497 e. The lowest BCUT2D eigenvalue weighted by Crippen LogP contribution is -2.24. The number of nitrogens with one attached hydrogen (secondary N) is 1. The number of nitrogens with zero attached hydrogens (tertiary/aromatic N) is 1. The monoisotopic (exact) mass is 588 g/mol. The van der Waals surface area contributed by atoms with E-state index in [0.29, 0.717) is 35.0 Å². The van der Waals surface area contributed by atoms with Gasteiger partial charge in [-0.05, 0) is 72.3 Å². The van der Waals surface area contributed by atoms with Gasteiger partial charge >= 0.3 is 5.97 Å². The Kier molecular flexibility index (Phi) is 9.68. The first-order valence-corrected chi connectivity index (χ1v) is 12.7. The molecular formula is C30H25BrN2O6. The Morgan fingerprint density at radius 3 is 2.21 bits per heavy atom. The number of carbonyl (C=O) groups is 2. The maximum absolute atomic E-state index is 12.6. The molecule has 39 heavy (non-hydrogen) atoms. The van der Waals surface area contributed by atoms with Gasteiger partial charge < -0.3 is 18.9 Å². The fraction of sp³-hybridized carbons (Fsp3) is 0.100. The number of amides is 1. The van der Waals surface area contributed by atoms with E-state index in [1.165, 1.54) is 6.21 Å². The topological polar surface area (TPSA) is 95.5 Å². The van der Waals surface area contributed by atoms with Gasteiger partial charge in [0.2, 0.25) is 0 Å². The normalized spacial score (nSPS) is 10.6. The predicted octanol–water partition coefficient (Wildman–Crippen LogP) is 5.79. The molecule has 4 rings (SSSR count). The van der Waals surface area contributed by atoms with E-state index in [-0.39, 0.29) is 12.4 Å². The summed E-state index contributed by atoms with van der Waals surface area (Å²) >= 11 is 3.39. The highest BCUT2D eigenvalue weighted by molar-refractivity contribution is 9.10. The van der Waals surface area contributed by atoms with E-state index in [0.717, 1.165) is 10.0 Å². The third-order valence-corrected chi connectivity index (χ3v) is 5.83. The van der Waals surface area contributed by atoms with E-state index in [1.807, 2.05) is 30.3 Å². The maximum Gasteiger partial charge on any atom is 0.343 e. The van der Waals surface area contributed by atoms with Gasteiger partial charge in [0.15, 0.2) is 6.61 Å². The molecule has 0 heterocycles. The Labute approximate surface area is 234 Å². The molecule has 0 fully saturated rings.